The monoisotopic (exact) mass is 235 g/mol. The van der Waals surface area contributed by atoms with E-state index in [0.717, 1.165) is 19.4 Å². The van der Waals surface area contributed by atoms with Crippen LogP contribution in [0.2, 0.25) is 0 Å². The summed E-state index contributed by atoms with van der Waals surface area (Å²) in [4.78, 5) is 0. The van der Waals surface area contributed by atoms with Gasteiger partial charge in [-0.3, -0.25) is 0 Å². The van der Waals surface area contributed by atoms with E-state index >= 15 is 0 Å². The van der Waals surface area contributed by atoms with Crippen LogP contribution in [0.15, 0.2) is 30.3 Å². The summed E-state index contributed by atoms with van der Waals surface area (Å²) < 4.78 is 5.71. The second kappa shape index (κ2) is 6.77. The Balaban J connectivity index is 2.79. The highest BCUT2D eigenvalue weighted by Gasteiger charge is 2.31. The van der Waals surface area contributed by atoms with Crippen molar-refractivity contribution in [2.45, 2.75) is 45.3 Å². The average molecular weight is 235 g/mol. The van der Waals surface area contributed by atoms with Crippen LogP contribution < -0.4 is 5.32 Å². The van der Waals surface area contributed by atoms with Gasteiger partial charge in [0.05, 0.1) is 5.60 Å². The van der Waals surface area contributed by atoms with Crippen LogP contribution >= 0.6 is 0 Å². The molecule has 2 heteroatoms. The molecule has 0 spiro atoms. The van der Waals surface area contributed by atoms with E-state index in [1.54, 1.807) is 7.11 Å². The van der Waals surface area contributed by atoms with Gasteiger partial charge in [-0.15, -0.1) is 0 Å². The molecule has 2 nitrogen and oxygen atoms in total. The Hall–Kier alpha value is -0.860. The molecule has 0 aliphatic carbocycles. The molecule has 1 aromatic carbocycles. The van der Waals surface area contributed by atoms with Crippen molar-refractivity contribution in [3.8, 4) is 0 Å². The molecular weight excluding hydrogens is 210 g/mol. The summed E-state index contributed by atoms with van der Waals surface area (Å²) in [7, 11) is 1.80. The number of benzene rings is 1. The van der Waals surface area contributed by atoms with Crippen molar-refractivity contribution in [2.75, 3.05) is 13.7 Å². The van der Waals surface area contributed by atoms with E-state index < -0.39 is 0 Å². The summed E-state index contributed by atoms with van der Waals surface area (Å²) in [6.07, 6.45) is 2.01. The van der Waals surface area contributed by atoms with Gasteiger partial charge in [0, 0.05) is 13.2 Å². The van der Waals surface area contributed by atoms with Gasteiger partial charge in [-0.25, -0.2) is 0 Å². The molecule has 96 valence electrons. The second-order valence-corrected chi connectivity index (χ2v) is 4.67. The Morgan fingerprint density at radius 1 is 1.24 bits per heavy atom. The smallest absolute Gasteiger partial charge is 0.0803 e. The van der Waals surface area contributed by atoms with E-state index in [2.05, 4.69) is 56.4 Å². The number of methoxy groups -OCH3 is 1. The molecule has 0 aliphatic rings. The fourth-order valence-electron chi connectivity index (χ4n) is 2.13. The van der Waals surface area contributed by atoms with Gasteiger partial charge in [-0.2, -0.15) is 0 Å². The van der Waals surface area contributed by atoms with Crippen LogP contribution in [-0.4, -0.2) is 25.3 Å². The number of hydrogen-bond donors (Lipinski definition) is 1. The van der Waals surface area contributed by atoms with Crippen molar-refractivity contribution >= 4 is 0 Å². The normalized spacial score (nSPS) is 16.5. The third kappa shape index (κ3) is 3.83. The summed E-state index contributed by atoms with van der Waals surface area (Å²) in [6, 6.07) is 10.9. The Bertz CT molecular complexity index is 306. The predicted molar refractivity (Wildman–Crippen MR) is 73.3 cm³/mol. The lowest BCUT2D eigenvalue weighted by Gasteiger charge is -2.36. The lowest BCUT2D eigenvalue weighted by atomic mass is 9.88. The predicted octanol–water partition coefficient (Wildman–Crippen LogP) is 3.02. The van der Waals surface area contributed by atoms with Crippen LogP contribution in [-0.2, 0) is 11.2 Å². The highest BCUT2D eigenvalue weighted by Crippen LogP contribution is 2.22. The molecule has 0 fully saturated rings. The van der Waals surface area contributed by atoms with Gasteiger partial charge in [0.25, 0.3) is 0 Å². The van der Waals surface area contributed by atoms with Gasteiger partial charge in [-0.1, -0.05) is 44.2 Å². The SMILES string of the molecule is CCNC(Cc1ccccc1)C(C)(CC)OC. The molecule has 0 bridgehead atoms. The van der Waals surface area contributed by atoms with Crippen LogP contribution in [0.5, 0.6) is 0 Å². The molecule has 0 radical (unpaired) electrons. The molecule has 2 unspecified atom stereocenters. The van der Waals surface area contributed by atoms with Crippen LogP contribution in [0.1, 0.15) is 32.8 Å². The van der Waals surface area contributed by atoms with Crippen molar-refractivity contribution in [2.24, 2.45) is 0 Å². The first-order valence-corrected chi connectivity index (χ1v) is 6.48. The Labute approximate surface area is 105 Å². The van der Waals surface area contributed by atoms with E-state index in [-0.39, 0.29) is 5.60 Å². The zero-order valence-corrected chi connectivity index (χ0v) is 11.5. The minimum absolute atomic E-state index is 0.105. The number of ether oxygens (including phenoxy) is 1. The van der Waals surface area contributed by atoms with Crippen molar-refractivity contribution < 1.29 is 4.74 Å². The standard InChI is InChI=1S/C15H25NO/c1-5-15(3,17-4)14(16-6-2)12-13-10-8-7-9-11-13/h7-11,14,16H,5-6,12H2,1-4H3. The highest BCUT2D eigenvalue weighted by molar-refractivity contribution is 5.17. The second-order valence-electron chi connectivity index (χ2n) is 4.67. The minimum atomic E-state index is -0.105. The van der Waals surface area contributed by atoms with E-state index in [1.807, 2.05) is 0 Å². The number of nitrogens with one attached hydrogen (secondary N) is 1. The molecule has 1 aromatic rings. The van der Waals surface area contributed by atoms with Gasteiger partial charge in [0.15, 0.2) is 0 Å². The Morgan fingerprint density at radius 2 is 1.88 bits per heavy atom. The zero-order valence-electron chi connectivity index (χ0n) is 11.5. The minimum Gasteiger partial charge on any atom is -0.377 e. The van der Waals surface area contributed by atoms with Crippen LogP contribution in [0.3, 0.4) is 0 Å². The first-order valence-electron chi connectivity index (χ1n) is 6.48. The van der Waals surface area contributed by atoms with Crippen molar-refractivity contribution in [3.05, 3.63) is 35.9 Å². The van der Waals surface area contributed by atoms with E-state index in [4.69, 9.17) is 4.74 Å². The fraction of sp³-hybridized carbons (Fsp3) is 0.600. The van der Waals surface area contributed by atoms with Gasteiger partial charge < -0.3 is 10.1 Å². The van der Waals surface area contributed by atoms with Gasteiger partial charge in [0.2, 0.25) is 0 Å². The first kappa shape index (κ1) is 14.2. The molecule has 0 amide bonds. The molecule has 2 atom stereocenters. The van der Waals surface area contributed by atoms with Crippen molar-refractivity contribution in [1.82, 2.24) is 5.32 Å². The van der Waals surface area contributed by atoms with Gasteiger partial charge >= 0.3 is 0 Å². The number of likely N-dealkylation sites (N-methyl/N-ethyl adjacent to an activating group) is 1. The zero-order chi connectivity index (χ0) is 12.7. The molecule has 1 N–H and O–H groups in total. The summed E-state index contributed by atoms with van der Waals surface area (Å²) >= 11 is 0. The third-order valence-electron chi connectivity index (χ3n) is 3.64. The number of rotatable bonds is 7. The molecule has 1 rings (SSSR count). The van der Waals surface area contributed by atoms with Crippen molar-refractivity contribution in [3.63, 3.8) is 0 Å². The lowest BCUT2D eigenvalue weighted by Crippen LogP contribution is -2.51. The summed E-state index contributed by atoms with van der Waals surface area (Å²) in [5, 5.41) is 3.55. The maximum Gasteiger partial charge on any atom is 0.0803 e. The number of hydrogen-bond acceptors (Lipinski definition) is 2. The molecule has 0 saturated carbocycles. The van der Waals surface area contributed by atoms with Crippen LogP contribution in [0.25, 0.3) is 0 Å². The topological polar surface area (TPSA) is 21.3 Å². The van der Waals surface area contributed by atoms with Crippen molar-refractivity contribution in [1.29, 1.82) is 0 Å². The largest absolute Gasteiger partial charge is 0.377 e. The molecule has 0 aromatic heterocycles. The lowest BCUT2D eigenvalue weighted by molar-refractivity contribution is -0.0283. The fourth-order valence-corrected chi connectivity index (χ4v) is 2.13. The molecule has 0 aliphatic heterocycles. The summed E-state index contributed by atoms with van der Waals surface area (Å²) in [5.74, 6) is 0. The highest BCUT2D eigenvalue weighted by atomic mass is 16.5. The molecular formula is C15H25NO. The summed E-state index contributed by atoms with van der Waals surface area (Å²) in [5.41, 5.74) is 1.25. The third-order valence-corrected chi connectivity index (χ3v) is 3.64. The average Bonchev–Trinajstić information content (AvgIpc) is 2.38. The maximum absolute atomic E-state index is 5.71. The Kier molecular flexibility index (Phi) is 5.66. The van der Waals surface area contributed by atoms with Gasteiger partial charge in [-0.05, 0) is 31.9 Å². The van der Waals surface area contributed by atoms with Gasteiger partial charge in [0.1, 0.15) is 0 Å². The first-order chi connectivity index (χ1) is 8.16. The summed E-state index contributed by atoms with van der Waals surface area (Å²) in [6.45, 7) is 7.47. The molecule has 0 saturated heterocycles. The Morgan fingerprint density at radius 3 is 2.35 bits per heavy atom. The maximum atomic E-state index is 5.71. The van der Waals surface area contributed by atoms with Crippen LogP contribution in [0.4, 0.5) is 0 Å². The molecule has 17 heavy (non-hydrogen) atoms. The van der Waals surface area contributed by atoms with E-state index in [0.29, 0.717) is 6.04 Å². The van der Waals surface area contributed by atoms with E-state index in [1.165, 1.54) is 5.56 Å². The van der Waals surface area contributed by atoms with Crippen LogP contribution in [0, 0.1) is 0 Å². The quantitative estimate of drug-likeness (QED) is 0.784. The molecule has 0 heterocycles. The van der Waals surface area contributed by atoms with E-state index in [9.17, 15) is 0 Å².